The maximum Gasteiger partial charge on any atom is 0.255 e. The lowest BCUT2D eigenvalue weighted by Crippen LogP contribution is -2.54. The molecule has 1 saturated heterocycles. The molecule has 0 bridgehead atoms. The van der Waals surface area contributed by atoms with Gasteiger partial charge in [-0.05, 0) is 38.1 Å². The number of anilines is 2. The fourth-order valence-electron chi connectivity index (χ4n) is 3.83. The topological polar surface area (TPSA) is 78.4 Å². The zero-order valence-electron chi connectivity index (χ0n) is 19.4. The number of thioether (sulfide) groups is 1. The SMILES string of the molecule is Cc1ccc(NC(=O)CSc2nc(Cl)cc(N3CCN(C(=O)c4ccccc4Cl)C(C)C3)n2)cc1. The predicted octanol–water partition coefficient (Wildman–Crippen LogP) is 5.17. The molecule has 1 aliphatic rings. The highest BCUT2D eigenvalue weighted by molar-refractivity contribution is 7.99. The van der Waals surface area contributed by atoms with Crippen molar-refractivity contribution in [1.82, 2.24) is 14.9 Å². The van der Waals surface area contributed by atoms with Crippen molar-refractivity contribution in [2.75, 3.05) is 35.6 Å². The Morgan fingerprint density at radius 1 is 1.09 bits per heavy atom. The van der Waals surface area contributed by atoms with E-state index in [2.05, 4.69) is 20.2 Å². The normalized spacial score (nSPS) is 15.7. The second-order valence-corrected chi connectivity index (χ2v) is 10.0. The number of hydrogen-bond acceptors (Lipinski definition) is 6. The van der Waals surface area contributed by atoms with Crippen LogP contribution >= 0.6 is 35.0 Å². The summed E-state index contributed by atoms with van der Waals surface area (Å²) in [6.45, 7) is 5.68. The van der Waals surface area contributed by atoms with Crippen LogP contribution in [0.3, 0.4) is 0 Å². The lowest BCUT2D eigenvalue weighted by Gasteiger charge is -2.40. The molecular formula is C25H25Cl2N5O2S. The van der Waals surface area contributed by atoms with Crippen molar-refractivity contribution in [2.45, 2.75) is 25.0 Å². The van der Waals surface area contributed by atoms with Crippen molar-refractivity contribution < 1.29 is 9.59 Å². The van der Waals surface area contributed by atoms with Gasteiger partial charge in [-0.2, -0.15) is 0 Å². The average Bonchev–Trinajstić information content (AvgIpc) is 2.84. The Balaban J connectivity index is 1.38. The summed E-state index contributed by atoms with van der Waals surface area (Å²) in [6.07, 6.45) is 0. The van der Waals surface area contributed by atoms with E-state index in [-0.39, 0.29) is 23.6 Å². The van der Waals surface area contributed by atoms with Crippen LogP contribution in [0.25, 0.3) is 0 Å². The van der Waals surface area contributed by atoms with Crippen molar-refractivity contribution in [2.24, 2.45) is 0 Å². The Morgan fingerprint density at radius 3 is 2.54 bits per heavy atom. The van der Waals surface area contributed by atoms with E-state index in [4.69, 9.17) is 23.2 Å². The van der Waals surface area contributed by atoms with Crippen molar-refractivity contribution >= 4 is 58.3 Å². The van der Waals surface area contributed by atoms with Gasteiger partial charge in [-0.15, -0.1) is 0 Å². The average molecular weight is 530 g/mol. The number of carbonyl (C=O) groups excluding carboxylic acids is 2. The van der Waals surface area contributed by atoms with Crippen molar-refractivity contribution in [1.29, 1.82) is 0 Å². The lowest BCUT2D eigenvalue weighted by molar-refractivity contribution is -0.113. The van der Waals surface area contributed by atoms with E-state index in [1.165, 1.54) is 11.8 Å². The van der Waals surface area contributed by atoms with E-state index in [0.717, 1.165) is 11.3 Å². The molecule has 3 aromatic rings. The summed E-state index contributed by atoms with van der Waals surface area (Å²) < 4.78 is 0. The first kappa shape index (κ1) is 25.3. The minimum Gasteiger partial charge on any atom is -0.353 e. The molecule has 0 saturated carbocycles. The van der Waals surface area contributed by atoms with Gasteiger partial charge in [0.2, 0.25) is 5.91 Å². The molecular weight excluding hydrogens is 505 g/mol. The highest BCUT2D eigenvalue weighted by atomic mass is 35.5. The third kappa shape index (κ3) is 6.45. The standard InChI is InChI=1S/C25H25Cl2N5O2S/c1-16-7-9-18(10-8-16)28-23(33)15-35-25-29-21(27)13-22(30-25)31-11-12-32(17(2)14-31)24(34)19-5-3-4-6-20(19)26/h3-10,13,17H,11-12,14-15H2,1-2H3,(H,28,33). The highest BCUT2D eigenvalue weighted by Gasteiger charge is 2.30. The molecule has 1 aliphatic heterocycles. The molecule has 0 aliphatic carbocycles. The van der Waals surface area contributed by atoms with E-state index >= 15 is 0 Å². The van der Waals surface area contributed by atoms with Crippen LogP contribution in [0.1, 0.15) is 22.8 Å². The van der Waals surface area contributed by atoms with Crippen molar-refractivity contribution in [3.63, 3.8) is 0 Å². The molecule has 7 nitrogen and oxygen atoms in total. The molecule has 4 rings (SSSR count). The molecule has 1 N–H and O–H groups in total. The molecule has 2 heterocycles. The molecule has 0 spiro atoms. The third-order valence-electron chi connectivity index (χ3n) is 5.65. The van der Waals surface area contributed by atoms with E-state index in [1.807, 2.05) is 49.1 Å². The highest BCUT2D eigenvalue weighted by Crippen LogP contribution is 2.26. The number of amides is 2. The quantitative estimate of drug-likeness (QED) is 0.269. The van der Waals surface area contributed by atoms with E-state index in [0.29, 0.717) is 46.3 Å². The van der Waals surface area contributed by atoms with Crippen LogP contribution in [0.15, 0.2) is 59.8 Å². The Bertz CT molecular complexity index is 1220. The fourth-order valence-corrected chi connectivity index (χ4v) is 4.93. The Hall–Kier alpha value is -2.81. The molecule has 182 valence electrons. The Kier molecular flexibility index (Phi) is 8.15. The molecule has 1 aromatic heterocycles. The molecule has 10 heteroatoms. The summed E-state index contributed by atoms with van der Waals surface area (Å²) in [5.41, 5.74) is 2.37. The second kappa shape index (κ2) is 11.3. The largest absolute Gasteiger partial charge is 0.353 e. The van der Waals surface area contributed by atoms with Crippen LogP contribution in [0.2, 0.25) is 10.2 Å². The van der Waals surface area contributed by atoms with E-state index in [9.17, 15) is 9.59 Å². The van der Waals surface area contributed by atoms with Gasteiger partial charge in [-0.3, -0.25) is 9.59 Å². The Labute approximate surface area is 218 Å². The smallest absolute Gasteiger partial charge is 0.255 e. The van der Waals surface area contributed by atoms with Crippen LogP contribution in [-0.2, 0) is 4.79 Å². The maximum absolute atomic E-state index is 13.0. The molecule has 2 aromatic carbocycles. The van der Waals surface area contributed by atoms with Gasteiger partial charge in [0, 0.05) is 37.4 Å². The number of piperazine rings is 1. The van der Waals surface area contributed by atoms with Gasteiger partial charge < -0.3 is 15.1 Å². The zero-order valence-corrected chi connectivity index (χ0v) is 21.7. The van der Waals surface area contributed by atoms with Crippen molar-refractivity contribution in [3.05, 3.63) is 75.9 Å². The van der Waals surface area contributed by atoms with Crippen LogP contribution in [0.4, 0.5) is 11.5 Å². The van der Waals surface area contributed by atoms with Gasteiger partial charge in [0.25, 0.3) is 5.91 Å². The Morgan fingerprint density at radius 2 is 1.83 bits per heavy atom. The van der Waals surface area contributed by atoms with Crippen LogP contribution in [0.5, 0.6) is 0 Å². The van der Waals surface area contributed by atoms with Crippen LogP contribution in [-0.4, -0.2) is 58.1 Å². The fraction of sp³-hybridized carbons (Fsp3) is 0.280. The van der Waals surface area contributed by atoms with Gasteiger partial charge in [0.1, 0.15) is 11.0 Å². The number of benzene rings is 2. The number of carbonyl (C=O) groups is 2. The minimum atomic E-state index is -0.149. The van der Waals surface area contributed by atoms with Gasteiger partial charge >= 0.3 is 0 Å². The van der Waals surface area contributed by atoms with Crippen LogP contribution < -0.4 is 10.2 Å². The summed E-state index contributed by atoms with van der Waals surface area (Å²) in [7, 11) is 0. The summed E-state index contributed by atoms with van der Waals surface area (Å²) in [4.78, 5) is 38.1. The molecule has 1 unspecified atom stereocenters. The summed E-state index contributed by atoms with van der Waals surface area (Å²) in [5, 5.41) is 4.04. The number of aryl methyl sites for hydroxylation is 1. The summed E-state index contributed by atoms with van der Waals surface area (Å²) >= 11 is 13.7. The van der Waals surface area contributed by atoms with E-state index < -0.39 is 0 Å². The first-order valence-electron chi connectivity index (χ1n) is 11.1. The summed E-state index contributed by atoms with van der Waals surface area (Å²) in [6, 6.07) is 16.3. The minimum absolute atomic E-state index is 0.0577. The van der Waals surface area contributed by atoms with Gasteiger partial charge in [-0.25, -0.2) is 9.97 Å². The number of rotatable bonds is 6. The van der Waals surface area contributed by atoms with E-state index in [1.54, 1.807) is 24.3 Å². The van der Waals surface area contributed by atoms with Crippen molar-refractivity contribution in [3.8, 4) is 0 Å². The molecule has 35 heavy (non-hydrogen) atoms. The maximum atomic E-state index is 13.0. The predicted molar refractivity (Wildman–Crippen MR) is 142 cm³/mol. The second-order valence-electron chi connectivity index (χ2n) is 8.31. The number of nitrogens with zero attached hydrogens (tertiary/aromatic N) is 4. The lowest BCUT2D eigenvalue weighted by atomic mass is 10.1. The number of nitrogens with one attached hydrogen (secondary N) is 1. The number of halogens is 2. The van der Waals surface area contributed by atoms with Crippen LogP contribution in [0, 0.1) is 6.92 Å². The monoisotopic (exact) mass is 529 g/mol. The van der Waals surface area contributed by atoms with Gasteiger partial charge in [0.05, 0.1) is 16.3 Å². The molecule has 1 atom stereocenters. The van der Waals surface area contributed by atoms with Gasteiger partial charge in [-0.1, -0.05) is 64.8 Å². The zero-order chi connectivity index (χ0) is 24.9. The number of aromatic nitrogens is 2. The summed E-state index contributed by atoms with van der Waals surface area (Å²) in [5.74, 6) is 0.594. The molecule has 0 radical (unpaired) electrons. The first-order valence-corrected chi connectivity index (χ1v) is 12.9. The third-order valence-corrected chi connectivity index (χ3v) is 7.02. The first-order chi connectivity index (χ1) is 16.8. The molecule has 1 fully saturated rings. The number of hydrogen-bond donors (Lipinski definition) is 1. The molecule has 2 amide bonds. The van der Waals surface area contributed by atoms with Gasteiger partial charge in [0.15, 0.2) is 5.16 Å².